The maximum atomic E-state index is 4.04. The summed E-state index contributed by atoms with van der Waals surface area (Å²) >= 11 is 0. The molecule has 0 aliphatic rings. The van der Waals surface area contributed by atoms with Crippen molar-refractivity contribution in [3.8, 4) is 5.69 Å². The summed E-state index contributed by atoms with van der Waals surface area (Å²) in [5, 5.41) is 11.1. The molecule has 0 aliphatic heterocycles. The minimum atomic E-state index is 0.827. The van der Waals surface area contributed by atoms with E-state index in [1.165, 1.54) is 5.56 Å². The zero-order chi connectivity index (χ0) is 13.6. The van der Waals surface area contributed by atoms with Crippen molar-refractivity contribution in [1.82, 2.24) is 29.9 Å². The van der Waals surface area contributed by atoms with Gasteiger partial charge >= 0.3 is 0 Å². The van der Waals surface area contributed by atoms with Crippen LogP contribution in [0.3, 0.4) is 0 Å². The Balaban J connectivity index is 1.48. The third-order valence-electron chi connectivity index (χ3n) is 3.06. The van der Waals surface area contributed by atoms with Crippen LogP contribution in [0.4, 0.5) is 0 Å². The van der Waals surface area contributed by atoms with Gasteiger partial charge in [0.2, 0.25) is 0 Å². The fourth-order valence-electron chi connectivity index (χ4n) is 1.98. The van der Waals surface area contributed by atoms with Crippen LogP contribution in [0.25, 0.3) is 5.69 Å². The third kappa shape index (κ3) is 3.10. The summed E-state index contributed by atoms with van der Waals surface area (Å²) in [5.74, 6) is 0. The number of hydrogen-bond acceptors (Lipinski definition) is 4. The summed E-state index contributed by atoms with van der Waals surface area (Å²) in [6.07, 6.45) is 9.06. The molecule has 6 heteroatoms. The number of nitrogens with one attached hydrogen (secondary N) is 1. The lowest BCUT2D eigenvalue weighted by atomic mass is 10.2. The second kappa shape index (κ2) is 6.12. The molecule has 3 aromatic rings. The summed E-state index contributed by atoms with van der Waals surface area (Å²) in [7, 11) is 0. The van der Waals surface area contributed by atoms with Crippen molar-refractivity contribution < 1.29 is 0 Å². The van der Waals surface area contributed by atoms with Gasteiger partial charge in [0.25, 0.3) is 0 Å². The summed E-state index contributed by atoms with van der Waals surface area (Å²) in [6, 6.07) is 8.43. The number of benzene rings is 1. The van der Waals surface area contributed by atoms with E-state index in [1.807, 2.05) is 21.6 Å². The predicted molar refractivity (Wildman–Crippen MR) is 75.3 cm³/mol. The molecular formula is C14H16N6. The normalized spacial score (nSPS) is 10.8. The summed E-state index contributed by atoms with van der Waals surface area (Å²) in [6.45, 7) is 2.54. The average molecular weight is 268 g/mol. The molecule has 1 N–H and O–H groups in total. The van der Waals surface area contributed by atoms with Crippen molar-refractivity contribution in [3.05, 3.63) is 60.9 Å². The molecule has 0 fully saturated rings. The number of hydrogen-bond donors (Lipinski definition) is 1. The van der Waals surface area contributed by atoms with Gasteiger partial charge in [-0.3, -0.25) is 4.68 Å². The zero-order valence-electron chi connectivity index (χ0n) is 11.1. The molecular weight excluding hydrogens is 252 g/mol. The predicted octanol–water partition coefficient (Wildman–Crippen LogP) is 1.25. The Morgan fingerprint density at radius 1 is 1.05 bits per heavy atom. The van der Waals surface area contributed by atoms with E-state index < -0.39 is 0 Å². The molecule has 0 saturated heterocycles. The van der Waals surface area contributed by atoms with Gasteiger partial charge in [-0.2, -0.15) is 0 Å². The van der Waals surface area contributed by atoms with Crippen molar-refractivity contribution in [3.63, 3.8) is 0 Å². The highest BCUT2D eigenvalue weighted by Gasteiger charge is 1.97. The highest BCUT2D eigenvalue weighted by atomic mass is 15.4. The van der Waals surface area contributed by atoms with Crippen LogP contribution in [0.15, 0.2) is 55.4 Å². The molecule has 102 valence electrons. The molecule has 0 amide bonds. The van der Waals surface area contributed by atoms with Gasteiger partial charge in [-0.05, 0) is 17.7 Å². The van der Waals surface area contributed by atoms with Crippen LogP contribution in [-0.2, 0) is 13.1 Å². The van der Waals surface area contributed by atoms with Gasteiger partial charge in [-0.1, -0.05) is 17.3 Å². The van der Waals surface area contributed by atoms with Gasteiger partial charge in [0.1, 0.15) is 0 Å². The minimum absolute atomic E-state index is 0.827. The maximum Gasteiger partial charge on any atom is 0.0991 e. The Labute approximate surface area is 117 Å². The van der Waals surface area contributed by atoms with Crippen LogP contribution in [0, 0.1) is 0 Å². The maximum absolute atomic E-state index is 4.04. The number of rotatable bonds is 6. The van der Waals surface area contributed by atoms with Gasteiger partial charge in [0, 0.05) is 37.4 Å². The van der Waals surface area contributed by atoms with Crippen molar-refractivity contribution in [2.24, 2.45) is 0 Å². The quantitative estimate of drug-likeness (QED) is 0.684. The van der Waals surface area contributed by atoms with Crippen LogP contribution in [0.5, 0.6) is 0 Å². The van der Waals surface area contributed by atoms with Crippen molar-refractivity contribution >= 4 is 0 Å². The van der Waals surface area contributed by atoms with Gasteiger partial charge in [0.05, 0.1) is 19.1 Å². The monoisotopic (exact) mass is 268 g/mol. The largest absolute Gasteiger partial charge is 0.311 e. The van der Waals surface area contributed by atoms with Gasteiger partial charge in [-0.15, -0.1) is 5.10 Å². The molecule has 6 nitrogen and oxygen atoms in total. The Morgan fingerprint density at radius 2 is 1.95 bits per heavy atom. The molecule has 2 heterocycles. The molecule has 3 rings (SSSR count). The average Bonchev–Trinajstić information content (AvgIpc) is 3.17. The second-order valence-corrected chi connectivity index (χ2v) is 4.48. The Hall–Kier alpha value is -2.47. The van der Waals surface area contributed by atoms with Crippen LogP contribution in [-0.4, -0.2) is 31.1 Å². The van der Waals surface area contributed by atoms with Crippen LogP contribution in [0.1, 0.15) is 5.56 Å². The molecule has 0 atom stereocenters. The molecule has 0 radical (unpaired) electrons. The lowest BCUT2D eigenvalue weighted by molar-refractivity contribution is 0.540. The molecule has 1 aromatic carbocycles. The van der Waals surface area contributed by atoms with Crippen LogP contribution < -0.4 is 5.32 Å². The number of nitrogens with zero attached hydrogens (tertiary/aromatic N) is 5. The highest BCUT2D eigenvalue weighted by molar-refractivity contribution is 5.34. The molecule has 2 aromatic heterocycles. The topological polar surface area (TPSA) is 60.6 Å². The third-order valence-corrected chi connectivity index (χ3v) is 3.06. The highest BCUT2D eigenvalue weighted by Crippen LogP contribution is 2.08. The first kappa shape index (κ1) is 12.6. The molecule has 0 unspecified atom stereocenters. The van der Waals surface area contributed by atoms with E-state index in [1.54, 1.807) is 18.7 Å². The number of aromatic nitrogens is 5. The fourth-order valence-corrected chi connectivity index (χ4v) is 1.98. The van der Waals surface area contributed by atoms with E-state index in [0.29, 0.717) is 0 Å². The fraction of sp³-hybridized carbons (Fsp3) is 0.214. The lowest BCUT2D eigenvalue weighted by Crippen LogP contribution is -2.19. The van der Waals surface area contributed by atoms with Crippen molar-refractivity contribution in [1.29, 1.82) is 0 Å². The first-order valence-electron chi connectivity index (χ1n) is 6.54. The van der Waals surface area contributed by atoms with Crippen LogP contribution in [0.2, 0.25) is 0 Å². The Bertz CT molecular complexity index is 612. The first-order chi connectivity index (χ1) is 9.92. The second-order valence-electron chi connectivity index (χ2n) is 4.48. The lowest BCUT2D eigenvalue weighted by Gasteiger charge is -2.06. The van der Waals surface area contributed by atoms with Gasteiger partial charge in [-0.25, -0.2) is 4.98 Å². The first-order valence-corrected chi connectivity index (χ1v) is 6.54. The van der Waals surface area contributed by atoms with E-state index in [9.17, 15) is 0 Å². The molecule has 20 heavy (non-hydrogen) atoms. The Morgan fingerprint density at radius 3 is 2.65 bits per heavy atom. The summed E-state index contributed by atoms with van der Waals surface area (Å²) in [5.41, 5.74) is 2.38. The zero-order valence-corrected chi connectivity index (χ0v) is 11.1. The van der Waals surface area contributed by atoms with E-state index in [-0.39, 0.29) is 0 Å². The summed E-state index contributed by atoms with van der Waals surface area (Å²) in [4.78, 5) is 4.04. The van der Waals surface area contributed by atoms with Crippen molar-refractivity contribution in [2.75, 3.05) is 6.54 Å². The smallest absolute Gasteiger partial charge is 0.0991 e. The molecule has 0 bridgehead atoms. The minimum Gasteiger partial charge on any atom is -0.311 e. The molecule has 0 spiro atoms. The Kier molecular flexibility index (Phi) is 3.84. The van der Waals surface area contributed by atoms with Crippen LogP contribution >= 0.6 is 0 Å². The molecule has 0 saturated carbocycles. The van der Waals surface area contributed by atoms with Gasteiger partial charge in [0.15, 0.2) is 0 Å². The van der Waals surface area contributed by atoms with E-state index in [0.717, 1.165) is 25.3 Å². The number of imidazole rings is 1. The van der Waals surface area contributed by atoms with Gasteiger partial charge < -0.3 is 9.88 Å². The van der Waals surface area contributed by atoms with E-state index in [2.05, 4.69) is 44.9 Å². The standard InChI is InChI=1S/C14H16N6/c1-3-14(19-8-5-16-12-19)4-2-13(1)11-15-6-9-20-10-7-17-18-20/h1-5,7-8,10,12,15H,6,9,11H2. The molecule has 0 aliphatic carbocycles. The summed E-state index contributed by atoms with van der Waals surface area (Å²) < 4.78 is 3.80. The van der Waals surface area contributed by atoms with Crippen molar-refractivity contribution in [2.45, 2.75) is 13.1 Å². The van der Waals surface area contributed by atoms with E-state index >= 15 is 0 Å². The SMILES string of the molecule is c1cn(-c2ccc(CNCCn3ccnn3)cc2)cn1. The van der Waals surface area contributed by atoms with E-state index in [4.69, 9.17) is 0 Å².